The van der Waals surface area contributed by atoms with Crippen molar-refractivity contribution in [1.29, 1.82) is 0 Å². The van der Waals surface area contributed by atoms with Crippen LogP contribution in [-0.2, 0) is 30.0 Å². The molecule has 5 rings (SSSR count). The van der Waals surface area contributed by atoms with Gasteiger partial charge in [-0.2, -0.15) is 0 Å². The van der Waals surface area contributed by atoms with E-state index >= 15 is 0 Å². The first-order valence-electron chi connectivity index (χ1n) is 14.6. The van der Waals surface area contributed by atoms with Crippen LogP contribution in [-0.4, -0.2) is 46.0 Å². The molecule has 1 aromatic carbocycles. The number of aliphatic carboxylic acids is 1. The van der Waals surface area contributed by atoms with E-state index in [4.69, 9.17) is 9.84 Å². The highest BCUT2D eigenvalue weighted by molar-refractivity contribution is 7.84. The highest BCUT2D eigenvalue weighted by atomic mass is 32.2. The topological polar surface area (TPSA) is 115 Å². The summed E-state index contributed by atoms with van der Waals surface area (Å²) in [4.78, 5) is 50.8. The zero-order valence-corrected chi connectivity index (χ0v) is 25.3. The lowest BCUT2D eigenvalue weighted by Crippen LogP contribution is -2.60. The monoisotopic (exact) mass is 572 g/mol. The van der Waals surface area contributed by atoms with Crippen molar-refractivity contribution in [3.63, 3.8) is 0 Å². The van der Waals surface area contributed by atoms with Crippen molar-refractivity contribution in [3.8, 4) is 5.75 Å². The van der Waals surface area contributed by atoms with Crippen molar-refractivity contribution in [2.45, 2.75) is 83.5 Å². The first kappa shape index (κ1) is 30.6. The number of ether oxygens (including phenoxy) is 1. The van der Waals surface area contributed by atoms with E-state index in [0.717, 1.165) is 29.9 Å². The number of carbonyl (C=O) groups is 4. The minimum atomic E-state index is -0.895. The number of benzene rings is 1. The molecule has 220 valence electrons. The summed E-state index contributed by atoms with van der Waals surface area (Å²) in [5.74, 6) is 1.31. The van der Waals surface area contributed by atoms with E-state index in [9.17, 15) is 23.4 Å². The maximum absolute atomic E-state index is 13.6. The largest absolute Gasteiger partial charge is 0.497 e. The summed E-state index contributed by atoms with van der Waals surface area (Å²) < 4.78 is 15.9. The number of ketones is 3. The Balaban J connectivity index is 0.000000283. The van der Waals surface area contributed by atoms with Gasteiger partial charge in [-0.25, -0.2) is 0 Å². The predicted octanol–water partition coefficient (Wildman–Crippen LogP) is 5.51. The van der Waals surface area contributed by atoms with Gasteiger partial charge in [-0.15, -0.1) is 0 Å². The highest BCUT2D eigenvalue weighted by Gasteiger charge is 2.66. The molecule has 4 aliphatic rings. The van der Waals surface area contributed by atoms with E-state index in [1.807, 2.05) is 0 Å². The Morgan fingerprint density at radius 1 is 1.07 bits per heavy atom. The maximum Gasteiger partial charge on any atom is 0.303 e. The molecule has 0 bridgehead atoms. The van der Waals surface area contributed by atoms with E-state index in [1.165, 1.54) is 0 Å². The molecule has 1 aromatic rings. The van der Waals surface area contributed by atoms with Crippen LogP contribution < -0.4 is 4.74 Å². The van der Waals surface area contributed by atoms with Crippen molar-refractivity contribution in [2.75, 3.05) is 13.4 Å². The molecule has 0 unspecified atom stereocenters. The Labute approximate surface area is 240 Å². The van der Waals surface area contributed by atoms with Gasteiger partial charge in [-0.05, 0) is 85.0 Å². The zero-order chi connectivity index (χ0) is 29.4. The second kappa shape index (κ2) is 11.9. The van der Waals surface area contributed by atoms with E-state index in [-0.39, 0.29) is 64.7 Å². The minimum Gasteiger partial charge on any atom is -0.497 e. The Kier molecular flexibility index (Phi) is 9.08. The molecule has 0 spiro atoms. The summed E-state index contributed by atoms with van der Waals surface area (Å²) in [6, 6.07) is 7.21. The molecular weight excluding hydrogens is 528 g/mol. The molecular formula is C32H44O7S. The lowest BCUT2D eigenvalue weighted by molar-refractivity contribution is -0.166. The van der Waals surface area contributed by atoms with Crippen LogP contribution in [0.2, 0.25) is 0 Å². The van der Waals surface area contributed by atoms with Gasteiger partial charge in [0.1, 0.15) is 23.1 Å². The third-order valence-electron chi connectivity index (χ3n) is 11.1. The Morgan fingerprint density at radius 3 is 2.35 bits per heavy atom. The Morgan fingerprint density at radius 2 is 1.75 bits per heavy atom. The molecule has 1 N–H and O–H groups in total. The van der Waals surface area contributed by atoms with E-state index in [2.05, 4.69) is 20.8 Å². The number of hydrogen-bond donors (Lipinski definition) is 1. The van der Waals surface area contributed by atoms with Gasteiger partial charge in [-0.3, -0.25) is 23.4 Å². The second-order valence-corrected chi connectivity index (χ2v) is 14.4. The first-order chi connectivity index (χ1) is 18.8. The summed E-state index contributed by atoms with van der Waals surface area (Å²) in [7, 11) is 0.714. The van der Waals surface area contributed by atoms with Gasteiger partial charge in [0.25, 0.3) is 0 Å². The SMILES string of the molecule is COc1ccc([S@@](C)=O)cc1.C[C@H](CCC(=O)O)[C@H]1CC[C@H]2[C@@H]3C(=O)C[C@@H]4CC(=O)CC[C@]4(C)[C@H]3CC(=O)[C@]12C. The minimum absolute atomic E-state index is 0.0659. The number of Topliss-reactive ketones (excluding diaryl/α,β-unsaturated/α-hetero) is 3. The molecule has 0 saturated heterocycles. The van der Waals surface area contributed by atoms with Crippen LogP contribution in [0.4, 0.5) is 0 Å². The van der Waals surface area contributed by atoms with Crippen LogP contribution in [0.1, 0.15) is 78.6 Å². The van der Waals surface area contributed by atoms with Crippen LogP contribution in [0.25, 0.3) is 0 Å². The average Bonchev–Trinajstić information content (AvgIpc) is 3.27. The number of hydrogen-bond acceptors (Lipinski definition) is 6. The van der Waals surface area contributed by atoms with Crippen LogP contribution in [0.5, 0.6) is 5.75 Å². The summed E-state index contributed by atoms with van der Waals surface area (Å²) in [5, 5.41) is 9.06. The molecule has 0 aromatic heterocycles. The van der Waals surface area contributed by atoms with Crippen molar-refractivity contribution in [1.82, 2.24) is 0 Å². The third-order valence-corrected chi connectivity index (χ3v) is 12.0. The molecule has 4 aliphatic carbocycles. The molecule has 40 heavy (non-hydrogen) atoms. The number of carboxylic acids is 1. The molecule has 7 nitrogen and oxygen atoms in total. The summed E-state index contributed by atoms with van der Waals surface area (Å²) >= 11 is 0. The fraction of sp³-hybridized carbons (Fsp3) is 0.688. The summed E-state index contributed by atoms with van der Waals surface area (Å²) in [6.07, 6.45) is 6.98. The van der Waals surface area contributed by atoms with Crippen LogP contribution in [0.3, 0.4) is 0 Å². The van der Waals surface area contributed by atoms with Crippen LogP contribution >= 0.6 is 0 Å². The quantitative estimate of drug-likeness (QED) is 0.478. The Bertz CT molecular complexity index is 1180. The number of carbonyl (C=O) groups excluding carboxylic acids is 3. The number of carboxylic acid groups (broad SMARTS) is 1. The van der Waals surface area contributed by atoms with Crippen molar-refractivity contribution in [3.05, 3.63) is 24.3 Å². The van der Waals surface area contributed by atoms with E-state index in [1.54, 1.807) is 37.6 Å². The molecule has 0 amide bonds. The van der Waals surface area contributed by atoms with E-state index < -0.39 is 22.2 Å². The second-order valence-electron chi connectivity index (χ2n) is 13.0. The molecule has 0 aliphatic heterocycles. The van der Waals surface area contributed by atoms with Crippen molar-refractivity contribution >= 4 is 34.1 Å². The number of rotatable bonds is 6. The fourth-order valence-corrected chi connectivity index (χ4v) is 9.23. The Hall–Kier alpha value is -2.35. The summed E-state index contributed by atoms with van der Waals surface area (Å²) in [5.41, 5.74) is -0.598. The van der Waals surface area contributed by atoms with Crippen LogP contribution in [0.15, 0.2) is 29.2 Å². The molecule has 0 radical (unpaired) electrons. The molecule has 9 atom stereocenters. The number of fused-ring (bicyclic) bond motifs is 5. The zero-order valence-electron chi connectivity index (χ0n) is 24.4. The smallest absolute Gasteiger partial charge is 0.303 e. The number of methoxy groups -OCH3 is 1. The normalized spacial score (nSPS) is 36.3. The van der Waals surface area contributed by atoms with E-state index in [0.29, 0.717) is 32.1 Å². The average molecular weight is 573 g/mol. The third kappa shape index (κ3) is 5.57. The lowest BCUT2D eigenvalue weighted by Gasteiger charge is -2.58. The summed E-state index contributed by atoms with van der Waals surface area (Å²) in [6.45, 7) is 6.37. The van der Waals surface area contributed by atoms with Gasteiger partial charge in [-0.1, -0.05) is 20.8 Å². The lowest BCUT2D eigenvalue weighted by atomic mass is 9.44. The van der Waals surface area contributed by atoms with Gasteiger partial charge in [0.15, 0.2) is 0 Å². The fourth-order valence-electron chi connectivity index (χ4n) is 8.71. The van der Waals surface area contributed by atoms with Crippen molar-refractivity contribution < 1.29 is 33.2 Å². The van der Waals surface area contributed by atoms with Gasteiger partial charge < -0.3 is 9.84 Å². The van der Waals surface area contributed by atoms with Gasteiger partial charge in [0, 0.05) is 65.4 Å². The maximum atomic E-state index is 13.6. The predicted molar refractivity (Wildman–Crippen MR) is 152 cm³/mol. The highest BCUT2D eigenvalue weighted by Crippen LogP contribution is 2.66. The molecule has 0 heterocycles. The van der Waals surface area contributed by atoms with Gasteiger partial charge in [0.2, 0.25) is 0 Å². The van der Waals surface area contributed by atoms with Crippen LogP contribution in [0, 0.1) is 46.3 Å². The molecule has 4 fully saturated rings. The molecule has 4 saturated carbocycles. The van der Waals surface area contributed by atoms with Gasteiger partial charge in [0.05, 0.1) is 7.11 Å². The standard InChI is InChI=1S/C24H34O5.C8H10O2S/c1-13(4-7-21(28)29)16-5-6-17-22-18(12-20(27)24(16,17)3)23(2)9-8-15(25)10-14(23)11-19(22)26;1-10-7-3-5-8(6-4-7)11(2)9/h13-14,16-18,22H,4-12H2,1-3H3,(H,28,29);3-6H,1-2H3/t13-,14+,16-,17+,18+,22+,23+,24-;11-/m11/s1. The first-order valence-corrected chi connectivity index (χ1v) is 16.2. The van der Waals surface area contributed by atoms with Gasteiger partial charge >= 0.3 is 5.97 Å². The van der Waals surface area contributed by atoms with Crippen molar-refractivity contribution in [2.24, 2.45) is 46.3 Å². The molecule has 8 heteroatoms.